The molecule has 0 radical (unpaired) electrons. The maximum atomic E-state index is 14.2. The second-order valence-corrected chi connectivity index (χ2v) is 6.01. The fourth-order valence-electron chi connectivity index (χ4n) is 3.15. The lowest BCUT2D eigenvalue weighted by Gasteiger charge is -2.25. The average molecular weight is 353 g/mol. The molecule has 4 rings (SSSR count). The third-order valence-electron chi connectivity index (χ3n) is 4.33. The molecule has 0 unspecified atom stereocenters. The zero-order valence-corrected chi connectivity index (χ0v) is 13.4. The highest BCUT2D eigenvalue weighted by atomic mass is 19.1. The first-order valence-corrected chi connectivity index (χ1v) is 7.97. The van der Waals surface area contributed by atoms with E-state index in [1.54, 1.807) is 24.3 Å². The Bertz CT molecular complexity index is 1060. The molecule has 1 aromatic heterocycles. The molecule has 26 heavy (non-hydrogen) atoms. The van der Waals surface area contributed by atoms with Crippen LogP contribution in [-0.4, -0.2) is 15.9 Å². The first kappa shape index (κ1) is 16.1. The van der Waals surface area contributed by atoms with E-state index in [-0.39, 0.29) is 29.2 Å². The minimum absolute atomic E-state index is 0.0409. The SMILES string of the molecule is O=C1C[C@@H](c2cc(F)ccc2F)c2c(nc(-c3ccccc3)[nH]c2=O)N1. The molecule has 0 bridgehead atoms. The Morgan fingerprint density at radius 2 is 1.81 bits per heavy atom. The van der Waals surface area contributed by atoms with Crippen molar-refractivity contribution < 1.29 is 13.6 Å². The van der Waals surface area contributed by atoms with Crippen molar-refractivity contribution in [3.05, 3.63) is 81.6 Å². The molecular weight excluding hydrogens is 340 g/mol. The minimum atomic E-state index is -0.907. The summed E-state index contributed by atoms with van der Waals surface area (Å²) in [5.41, 5.74) is 0.248. The number of halogens is 2. The Labute approximate surface area is 146 Å². The molecule has 7 heteroatoms. The van der Waals surface area contributed by atoms with Gasteiger partial charge in [-0.2, -0.15) is 0 Å². The number of nitrogens with zero attached hydrogens (tertiary/aromatic N) is 1. The van der Waals surface area contributed by atoms with Crippen molar-refractivity contribution in [1.29, 1.82) is 0 Å². The van der Waals surface area contributed by atoms with Gasteiger partial charge in [0.25, 0.3) is 5.56 Å². The normalized spacial score (nSPS) is 16.1. The first-order chi connectivity index (χ1) is 12.5. The van der Waals surface area contributed by atoms with Crippen LogP contribution >= 0.6 is 0 Å². The molecule has 2 aromatic carbocycles. The van der Waals surface area contributed by atoms with Gasteiger partial charge in [0.2, 0.25) is 5.91 Å². The zero-order valence-electron chi connectivity index (χ0n) is 13.4. The number of carbonyl (C=O) groups is 1. The molecule has 1 atom stereocenters. The molecule has 0 fully saturated rings. The van der Waals surface area contributed by atoms with Gasteiger partial charge in [-0.3, -0.25) is 9.59 Å². The van der Waals surface area contributed by atoms with Crippen LogP contribution in [0.2, 0.25) is 0 Å². The fraction of sp³-hybridized carbons (Fsp3) is 0.105. The van der Waals surface area contributed by atoms with Crippen molar-refractivity contribution in [1.82, 2.24) is 9.97 Å². The number of anilines is 1. The van der Waals surface area contributed by atoms with Crippen LogP contribution in [0.1, 0.15) is 23.5 Å². The van der Waals surface area contributed by atoms with Gasteiger partial charge in [-0.15, -0.1) is 0 Å². The topological polar surface area (TPSA) is 74.8 Å². The lowest BCUT2D eigenvalue weighted by atomic mass is 9.86. The summed E-state index contributed by atoms with van der Waals surface area (Å²) >= 11 is 0. The van der Waals surface area contributed by atoms with Gasteiger partial charge in [0.05, 0.1) is 5.56 Å². The van der Waals surface area contributed by atoms with E-state index in [9.17, 15) is 18.4 Å². The number of amides is 1. The average Bonchev–Trinajstić information content (AvgIpc) is 2.63. The van der Waals surface area contributed by atoms with E-state index in [0.717, 1.165) is 18.2 Å². The summed E-state index contributed by atoms with van der Waals surface area (Å²) in [6, 6.07) is 11.9. The highest BCUT2D eigenvalue weighted by Gasteiger charge is 2.32. The van der Waals surface area contributed by atoms with E-state index in [0.29, 0.717) is 5.56 Å². The van der Waals surface area contributed by atoms with Crippen molar-refractivity contribution in [2.75, 3.05) is 5.32 Å². The van der Waals surface area contributed by atoms with Crippen molar-refractivity contribution in [2.45, 2.75) is 12.3 Å². The zero-order chi connectivity index (χ0) is 18.3. The van der Waals surface area contributed by atoms with Gasteiger partial charge >= 0.3 is 0 Å². The molecule has 5 nitrogen and oxygen atoms in total. The summed E-state index contributed by atoms with van der Waals surface area (Å²) in [5, 5.41) is 2.56. The number of benzene rings is 2. The Hall–Kier alpha value is -3.35. The van der Waals surface area contributed by atoms with Crippen LogP contribution in [0.25, 0.3) is 11.4 Å². The number of H-pyrrole nitrogens is 1. The van der Waals surface area contributed by atoms with Crippen molar-refractivity contribution in [3.63, 3.8) is 0 Å². The molecule has 130 valence electrons. The second-order valence-electron chi connectivity index (χ2n) is 6.01. The van der Waals surface area contributed by atoms with Crippen LogP contribution in [0.4, 0.5) is 14.6 Å². The predicted octanol–water partition coefficient (Wildman–Crippen LogP) is 3.19. The molecule has 0 spiro atoms. The molecule has 3 aromatic rings. The van der Waals surface area contributed by atoms with Gasteiger partial charge in [-0.1, -0.05) is 30.3 Å². The predicted molar refractivity (Wildman–Crippen MR) is 91.7 cm³/mol. The van der Waals surface area contributed by atoms with Gasteiger partial charge in [0, 0.05) is 17.9 Å². The number of carbonyl (C=O) groups excluding carboxylic acids is 1. The smallest absolute Gasteiger partial charge is 0.257 e. The highest BCUT2D eigenvalue weighted by molar-refractivity contribution is 5.94. The van der Waals surface area contributed by atoms with Gasteiger partial charge in [0.1, 0.15) is 23.3 Å². The molecule has 1 amide bonds. The number of aromatic amines is 1. The quantitative estimate of drug-likeness (QED) is 0.743. The molecule has 0 saturated carbocycles. The lowest BCUT2D eigenvalue weighted by molar-refractivity contribution is -0.116. The van der Waals surface area contributed by atoms with Crippen LogP contribution < -0.4 is 10.9 Å². The number of hydrogen-bond donors (Lipinski definition) is 2. The molecule has 2 N–H and O–H groups in total. The Morgan fingerprint density at radius 1 is 1.04 bits per heavy atom. The third kappa shape index (κ3) is 2.77. The van der Waals surface area contributed by atoms with E-state index in [1.165, 1.54) is 0 Å². The number of nitrogens with one attached hydrogen (secondary N) is 2. The lowest BCUT2D eigenvalue weighted by Crippen LogP contribution is -2.31. The summed E-state index contributed by atoms with van der Waals surface area (Å²) in [6.45, 7) is 0. The summed E-state index contributed by atoms with van der Waals surface area (Å²) < 4.78 is 27.8. The van der Waals surface area contributed by atoms with Gasteiger partial charge < -0.3 is 10.3 Å². The summed E-state index contributed by atoms with van der Waals surface area (Å²) in [6.07, 6.45) is -0.164. The van der Waals surface area contributed by atoms with Gasteiger partial charge in [-0.25, -0.2) is 13.8 Å². The van der Waals surface area contributed by atoms with E-state index >= 15 is 0 Å². The number of hydrogen-bond acceptors (Lipinski definition) is 3. The minimum Gasteiger partial charge on any atom is -0.310 e. The monoisotopic (exact) mass is 353 g/mol. The molecule has 2 heterocycles. The van der Waals surface area contributed by atoms with Crippen molar-refractivity contribution >= 4 is 11.7 Å². The van der Waals surface area contributed by atoms with Crippen LogP contribution in [0.15, 0.2) is 53.3 Å². The second kappa shape index (κ2) is 6.18. The van der Waals surface area contributed by atoms with Crippen LogP contribution in [0, 0.1) is 11.6 Å². The maximum absolute atomic E-state index is 14.2. The summed E-state index contributed by atoms with van der Waals surface area (Å²) in [4.78, 5) is 31.8. The van der Waals surface area contributed by atoms with Crippen LogP contribution in [-0.2, 0) is 4.79 Å². The van der Waals surface area contributed by atoms with Crippen LogP contribution in [0.3, 0.4) is 0 Å². The van der Waals surface area contributed by atoms with E-state index in [2.05, 4.69) is 15.3 Å². The summed E-state index contributed by atoms with van der Waals surface area (Å²) in [7, 11) is 0. The van der Waals surface area contributed by atoms with E-state index in [1.807, 2.05) is 6.07 Å². The van der Waals surface area contributed by atoms with Gasteiger partial charge in [0.15, 0.2) is 0 Å². The van der Waals surface area contributed by atoms with Crippen molar-refractivity contribution in [3.8, 4) is 11.4 Å². The Balaban J connectivity index is 1.90. The number of aromatic nitrogens is 2. The number of rotatable bonds is 2. The molecule has 1 aliphatic heterocycles. The van der Waals surface area contributed by atoms with Gasteiger partial charge in [-0.05, 0) is 23.8 Å². The van der Waals surface area contributed by atoms with Crippen LogP contribution in [0.5, 0.6) is 0 Å². The Morgan fingerprint density at radius 3 is 2.58 bits per heavy atom. The standard InChI is InChI=1S/C19H13F2N3O2/c20-11-6-7-14(21)12(8-11)13-9-15(25)22-18-16(13)19(26)24-17(23-18)10-4-2-1-3-5-10/h1-8,13H,9H2,(H2,22,23,24,25,26)/t13-/m0/s1. The highest BCUT2D eigenvalue weighted by Crippen LogP contribution is 2.35. The fourth-order valence-corrected chi connectivity index (χ4v) is 3.15. The molecule has 0 saturated heterocycles. The third-order valence-corrected chi connectivity index (χ3v) is 4.33. The van der Waals surface area contributed by atoms with E-state index in [4.69, 9.17) is 0 Å². The van der Waals surface area contributed by atoms with E-state index < -0.39 is 29.0 Å². The maximum Gasteiger partial charge on any atom is 0.257 e. The Kier molecular flexibility index (Phi) is 3.84. The molecule has 0 aliphatic carbocycles. The largest absolute Gasteiger partial charge is 0.310 e. The summed E-state index contributed by atoms with van der Waals surface area (Å²) in [5.74, 6) is -2.28. The molecular formula is C19H13F2N3O2. The van der Waals surface area contributed by atoms with Crippen molar-refractivity contribution in [2.24, 2.45) is 0 Å². The first-order valence-electron chi connectivity index (χ1n) is 7.97. The molecule has 1 aliphatic rings. The number of fused-ring (bicyclic) bond motifs is 1.